The van der Waals surface area contributed by atoms with Crippen LogP contribution in [0.25, 0.3) is 11.3 Å². The number of hydrogen-bond acceptors (Lipinski definition) is 16. The number of carbonyl (C=O) groups excluding carboxylic acids is 2. The van der Waals surface area contributed by atoms with Gasteiger partial charge in [0.1, 0.15) is 36.2 Å². The molecule has 0 aliphatic carbocycles. The fraction of sp³-hybridized carbons (Fsp3) is 0.725. The van der Waals surface area contributed by atoms with Crippen LogP contribution in [-0.4, -0.2) is 167 Å². The van der Waals surface area contributed by atoms with E-state index in [2.05, 4.69) is 43.2 Å². The lowest BCUT2D eigenvalue weighted by molar-refractivity contribution is -0.304. The predicted octanol–water partition coefficient (Wildman–Crippen LogP) is 4.62. The molecule has 0 saturated carbocycles. The number of aliphatic hydroxyl groups is 4. The van der Waals surface area contributed by atoms with Crippen molar-refractivity contribution >= 4 is 11.8 Å². The Labute approximate surface area is 403 Å². The van der Waals surface area contributed by atoms with Gasteiger partial charge >= 0.3 is 5.97 Å². The van der Waals surface area contributed by atoms with Gasteiger partial charge < -0.3 is 58.5 Å². The minimum atomic E-state index is -1.29. The normalized spacial score (nSPS) is 37.4. The van der Waals surface area contributed by atoms with Gasteiger partial charge in [-0.2, -0.15) is 0 Å². The highest BCUT2D eigenvalue weighted by Gasteiger charge is 2.48. The van der Waals surface area contributed by atoms with E-state index < -0.39 is 109 Å². The third-order valence-electron chi connectivity index (χ3n) is 14.0. The second-order valence-corrected chi connectivity index (χ2v) is 20.4. The van der Waals surface area contributed by atoms with E-state index in [1.165, 1.54) is 19.8 Å². The van der Waals surface area contributed by atoms with Crippen molar-refractivity contribution in [3.05, 3.63) is 59.8 Å². The first-order chi connectivity index (χ1) is 32.1. The van der Waals surface area contributed by atoms with Crippen LogP contribution in [0.15, 0.2) is 54.3 Å². The van der Waals surface area contributed by atoms with Gasteiger partial charge in [-0.3, -0.25) is 14.3 Å². The summed E-state index contributed by atoms with van der Waals surface area (Å²) >= 11 is 0. The maximum absolute atomic E-state index is 14.1. The minimum Gasteiger partial charge on any atom is -0.462 e. The number of nitrogens with zero attached hydrogens (tertiary/aromatic N) is 4. The van der Waals surface area contributed by atoms with Gasteiger partial charge in [0.05, 0.1) is 55.8 Å². The lowest BCUT2D eigenvalue weighted by Crippen LogP contribution is -2.63. The van der Waals surface area contributed by atoms with Crippen LogP contribution in [-0.2, 0) is 54.7 Å². The number of likely N-dealkylation sites (N-methyl/N-ethyl adjacent to an activating group) is 1. The number of cyclic esters (lactones) is 1. The Morgan fingerprint density at radius 2 is 1.51 bits per heavy atom. The van der Waals surface area contributed by atoms with E-state index in [0.717, 1.165) is 11.1 Å². The molecule has 2 aromatic rings. The van der Waals surface area contributed by atoms with Crippen LogP contribution < -0.4 is 0 Å². The molecule has 17 heteroatoms. The lowest BCUT2D eigenvalue weighted by Gasteiger charge is -2.46. The van der Waals surface area contributed by atoms with E-state index in [9.17, 15) is 30.0 Å². The van der Waals surface area contributed by atoms with Gasteiger partial charge in [0.15, 0.2) is 18.4 Å². The third-order valence-corrected chi connectivity index (χ3v) is 14.0. The zero-order valence-corrected chi connectivity index (χ0v) is 42.4. The monoisotopic (exact) mass is 957 g/mol. The van der Waals surface area contributed by atoms with E-state index in [-0.39, 0.29) is 24.2 Å². The summed E-state index contributed by atoms with van der Waals surface area (Å²) in [5.74, 6) is -3.04. The number of carbonyl (C=O) groups is 2. The summed E-state index contributed by atoms with van der Waals surface area (Å²) in [5, 5.41) is 54.4. The number of rotatable bonds is 13. The Morgan fingerprint density at radius 1 is 0.868 bits per heavy atom. The summed E-state index contributed by atoms with van der Waals surface area (Å²) in [4.78, 5) is 29.8. The Kier molecular flexibility index (Phi) is 20.1. The summed E-state index contributed by atoms with van der Waals surface area (Å²) in [6.07, 6.45) is -3.34. The number of esters is 1. The molecule has 3 aliphatic heterocycles. The number of aliphatic hydroxyl groups excluding tert-OH is 4. The van der Waals surface area contributed by atoms with Crippen LogP contribution in [0.5, 0.6) is 0 Å². The average Bonchev–Trinajstić information content (AvgIpc) is 3.77. The van der Waals surface area contributed by atoms with Gasteiger partial charge in [0.25, 0.3) is 0 Å². The molecule has 2 saturated heterocycles. The lowest BCUT2D eigenvalue weighted by atomic mass is 9.79. The van der Waals surface area contributed by atoms with Crippen LogP contribution in [0.1, 0.15) is 93.6 Å². The molecule has 1 aromatic heterocycles. The molecule has 68 heavy (non-hydrogen) atoms. The fourth-order valence-electron chi connectivity index (χ4n) is 9.67. The SMILES string of the molecule is CC[C@H]1OC(=O)C[C@@H](O)[C@H](C)[C@@H](O[C@@H]2O[C@H](C)[C@@H](O)[C@H](N(C)C)[C@H]2O)[C@@H](CCn2cc(-c3ccc(C(C)(C)C)cc3)nn2)C[C@@H](C)C(=O)/C=C/C(C)=C/[C@@H]1CO[C@@H]1O[C@H](C)[C@@H](O)[C@@H](OC)[C@H]1OC. The van der Waals surface area contributed by atoms with Crippen molar-refractivity contribution in [2.24, 2.45) is 23.7 Å². The van der Waals surface area contributed by atoms with Crippen molar-refractivity contribution in [3.63, 3.8) is 0 Å². The number of benzene rings is 1. The second-order valence-electron chi connectivity index (χ2n) is 20.4. The third kappa shape index (κ3) is 13.9. The predicted molar refractivity (Wildman–Crippen MR) is 254 cm³/mol. The topological polar surface area (TPSA) is 214 Å². The summed E-state index contributed by atoms with van der Waals surface area (Å²) in [6, 6.07) is 7.52. The number of aryl methyl sites for hydroxylation is 1. The first kappa shape index (κ1) is 55.5. The molecule has 17 atom stereocenters. The van der Waals surface area contributed by atoms with Crippen LogP contribution in [0.4, 0.5) is 0 Å². The first-order valence-electron chi connectivity index (χ1n) is 24.2. The molecule has 0 radical (unpaired) electrons. The quantitative estimate of drug-likeness (QED) is 0.202. The van der Waals surface area contributed by atoms with Crippen molar-refractivity contribution in [2.75, 3.05) is 34.9 Å². The summed E-state index contributed by atoms with van der Waals surface area (Å²) in [5.41, 5.74) is 3.54. The molecular weight excluding hydrogens is 877 g/mol. The van der Waals surface area contributed by atoms with E-state index in [1.807, 2.05) is 45.2 Å². The number of allylic oxidation sites excluding steroid dienone is 3. The molecule has 4 N–H and O–H groups in total. The Hall–Kier alpha value is -3.46. The maximum Gasteiger partial charge on any atom is 0.308 e. The van der Waals surface area contributed by atoms with Crippen molar-refractivity contribution in [1.82, 2.24) is 19.9 Å². The molecule has 0 amide bonds. The van der Waals surface area contributed by atoms with Gasteiger partial charge in [-0.1, -0.05) is 88.7 Å². The summed E-state index contributed by atoms with van der Waals surface area (Å²) in [6.45, 7) is 17.7. The average molecular weight is 957 g/mol. The Balaban J connectivity index is 1.47. The zero-order chi connectivity index (χ0) is 50.2. The highest BCUT2D eigenvalue weighted by atomic mass is 16.7. The molecule has 0 unspecified atom stereocenters. The van der Waals surface area contributed by atoms with Crippen LogP contribution in [0, 0.1) is 23.7 Å². The van der Waals surface area contributed by atoms with E-state index in [0.29, 0.717) is 31.5 Å². The molecule has 3 aliphatic rings. The molecule has 0 spiro atoms. The van der Waals surface area contributed by atoms with Gasteiger partial charge in [0, 0.05) is 44.1 Å². The highest BCUT2D eigenvalue weighted by molar-refractivity contribution is 5.91. The van der Waals surface area contributed by atoms with Crippen molar-refractivity contribution in [1.29, 1.82) is 0 Å². The second kappa shape index (κ2) is 24.6. The smallest absolute Gasteiger partial charge is 0.308 e. The van der Waals surface area contributed by atoms with E-state index >= 15 is 0 Å². The Bertz CT molecular complexity index is 1970. The first-order valence-corrected chi connectivity index (χ1v) is 24.2. The minimum absolute atomic E-state index is 0.00452. The van der Waals surface area contributed by atoms with Gasteiger partial charge in [-0.05, 0) is 77.1 Å². The molecule has 1 aromatic carbocycles. The maximum atomic E-state index is 14.1. The molecule has 0 bridgehead atoms. The van der Waals surface area contributed by atoms with Crippen LogP contribution in [0.2, 0.25) is 0 Å². The number of hydrogen-bond donors (Lipinski definition) is 4. The molecule has 2 fully saturated rings. The Morgan fingerprint density at radius 3 is 2.13 bits per heavy atom. The zero-order valence-electron chi connectivity index (χ0n) is 42.4. The van der Waals surface area contributed by atoms with Crippen molar-refractivity contribution < 1.29 is 63.2 Å². The van der Waals surface area contributed by atoms with Crippen LogP contribution >= 0.6 is 0 Å². The summed E-state index contributed by atoms with van der Waals surface area (Å²) in [7, 11) is 6.47. The largest absolute Gasteiger partial charge is 0.462 e. The molecule has 382 valence electrons. The number of ether oxygens (including phenoxy) is 7. The molecular formula is C51H80N4O13. The highest BCUT2D eigenvalue weighted by Crippen LogP contribution is 2.36. The standard InChI is InChI=1S/C51H80N4O13/c1-14-40-35(27-64-50-48(63-13)47(62-12)44(60)32(6)66-50)23-28(2)15-20-38(56)29(3)24-34(21-22-55-26-37(52-53-55)33-16-18-36(19-17-33)51(7,8)9)46(30(4)39(57)25-41(58)67-40)68-49-45(61)42(54(10)11)43(59)31(5)65-49/h15-20,23,26,29-32,34-35,39-40,42-50,57,59-61H,14,21-22,24-25,27H2,1-13H3/b20-15+,28-23+/t29-,30+,31-,32-,34+,35-,39-,40-,42+,43-,44-,45-,46-,47-,48-,49+,50-/m1/s1. The number of aromatic nitrogens is 3. The number of ketones is 1. The van der Waals surface area contributed by atoms with Crippen LogP contribution in [0.3, 0.4) is 0 Å². The van der Waals surface area contributed by atoms with E-state index in [4.69, 9.17) is 33.2 Å². The van der Waals surface area contributed by atoms with Gasteiger partial charge in [-0.15, -0.1) is 5.10 Å². The van der Waals surface area contributed by atoms with Crippen molar-refractivity contribution in [3.8, 4) is 11.3 Å². The van der Waals surface area contributed by atoms with E-state index in [1.54, 1.807) is 56.6 Å². The summed E-state index contributed by atoms with van der Waals surface area (Å²) < 4.78 is 44.4. The fourth-order valence-corrected chi connectivity index (χ4v) is 9.67. The molecule has 4 heterocycles. The number of methoxy groups -OCH3 is 2. The van der Waals surface area contributed by atoms with Gasteiger partial charge in [0.2, 0.25) is 0 Å². The van der Waals surface area contributed by atoms with Crippen molar-refractivity contribution in [2.45, 2.75) is 180 Å². The molecule has 5 rings (SSSR count). The van der Waals surface area contributed by atoms with Gasteiger partial charge in [-0.25, -0.2) is 0 Å². The molecule has 17 nitrogen and oxygen atoms in total.